The van der Waals surface area contributed by atoms with Crippen LogP contribution < -0.4 is 5.32 Å². The Balaban J connectivity index is 1.74. The lowest BCUT2D eigenvalue weighted by atomic mass is 9.88. The number of aliphatic hydroxyl groups is 4. The molecular weight excluding hydrogens is 568 g/mol. The first-order valence-electron chi connectivity index (χ1n) is 16.0. The molecule has 3 aliphatic rings. The van der Waals surface area contributed by atoms with E-state index in [0.29, 0.717) is 44.6 Å². The van der Waals surface area contributed by atoms with Crippen molar-refractivity contribution in [2.45, 2.75) is 121 Å². The zero-order valence-electron chi connectivity index (χ0n) is 27.1. The maximum Gasteiger partial charge on any atom is 0.410 e. The second kappa shape index (κ2) is 15.8. The molecule has 11 heteroatoms. The highest BCUT2D eigenvalue weighted by Crippen LogP contribution is 2.37. The molecule has 0 aromatic rings. The summed E-state index contributed by atoms with van der Waals surface area (Å²) in [6, 6.07) is 0. The topological polar surface area (TPSA) is 161 Å². The monoisotopic (exact) mass is 622 g/mol. The van der Waals surface area contributed by atoms with E-state index in [-0.39, 0.29) is 43.3 Å². The van der Waals surface area contributed by atoms with Gasteiger partial charge in [-0.25, -0.2) is 4.79 Å². The van der Waals surface area contributed by atoms with Gasteiger partial charge in [-0.05, 0) is 51.7 Å². The number of esters is 1. The second-order valence-corrected chi connectivity index (χ2v) is 13.3. The predicted molar refractivity (Wildman–Crippen MR) is 166 cm³/mol. The van der Waals surface area contributed by atoms with Crippen molar-refractivity contribution in [3.63, 3.8) is 0 Å². The van der Waals surface area contributed by atoms with Gasteiger partial charge in [0.15, 0.2) is 6.10 Å². The number of piperazine rings is 1. The average molecular weight is 623 g/mol. The van der Waals surface area contributed by atoms with Gasteiger partial charge in [0.25, 0.3) is 0 Å². The summed E-state index contributed by atoms with van der Waals surface area (Å²) in [5.74, 6) is -0.942. The van der Waals surface area contributed by atoms with Gasteiger partial charge in [0, 0.05) is 44.4 Å². The summed E-state index contributed by atoms with van der Waals surface area (Å²) in [6.07, 6.45) is 5.68. The smallest absolute Gasteiger partial charge is 0.410 e. The lowest BCUT2D eigenvalue weighted by molar-refractivity contribution is -0.151. The molecule has 0 spiro atoms. The minimum Gasteiger partial charge on any atom is -0.457 e. The third kappa shape index (κ3) is 10.7. The molecule has 0 aliphatic carbocycles. The zero-order chi connectivity index (χ0) is 32.7. The average Bonchev–Trinajstić information content (AvgIpc) is 3.73. The predicted octanol–water partition coefficient (Wildman–Crippen LogP) is 2.61. The normalized spacial score (nSPS) is 35.9. The molecule has 0 bridgehead atoms. The first-order chi connectivity index (χ1) is 20.6. The Morgan fingerprint density at radius 2 is 2.00 bits per heavy atom. The number of epoxide rings is 1. The van der Waals surface area contributed by atoms with Crippen molar-refractivity contribution in [2.75, 3.05) is 26.2 Å². The van der Waals surface area contributed by atoms with Crippen molar-refractivity contribution in [3.8, 4) is 0 Å². The highest BCUT2D eigenvalue weighted by Gasteiger charge is 2.47. The van der Waals surface area contributed by atoms with Gasteiger partial charge in [0.1, 0.15) is 11.7 Å². The number of amides is 1. The molecule has 250 valence electrons. The second-order valence-electron chi connectivity index (χ2n) is 13.3. The van der Waals surface area contributed by atoms with Crippen LogP contribution in [0.1, 0.15) is 73.6 Å². The number of hydrogen-bond acceptors (Lipinski definition) is 10. The lowest BCUT2D eigenvalue weighted by Crippen LogP contribution is -2.50. The van der Waals surface area contributed by atoms with Crippen LogP contribution in [-0.4, -0.2) is 111 Å². The van der Waals surface area contributed by atoms with Crippen LogP contribution in [0.3, 0.4) is 0 Å². The van der Waals surface area contributed by atoms with Crippen LogP contribution in [0.15, 0.2) is 36.0 Å². The Labute approximate surface area is 261 Å². The molecular formula is C33H54N2O9. The van der Waals surface area contributed by atoms with Crippen molar-refractivity contribution in [2.24, 2.45) is 11.8 Å². The summed E-state index contributed by atoms with van der Waals surface area (Å²) in [6.45, 7) is 13.1. The van der Waals surface area contributed by atoms with Crippen molar-refractivity contribution in [3.05, 3.63) is 36.0 Å². The first-order valence-corrected chi connectivity index (χ1v) is 16.0. The first kappa shape index (κ1) is 36.2. The molecule has 0 aromatic carbocycles. The zero-order valence-corrected chi connectivity index (χ0v) is 27.1. The highest BCUT2D eigenvalue weighted by atomic mass is 16.6. The van der Waals surface area contributed by atoms with E-state index in [2.05, 4.69) is 5.32 Å². The number of ether oxygens (including phenoxy) is 3. The van der Waals surface area contributed by atoms with Gasteiger partial charge < -0.3 is 44.9 Å². The maximum atomic E-state index is 12.9. The lowest BCUT2D eigenvalue weighted by Gasteiger charge is -2.35. The summed E-state index contributed by atoms with van der Waals surface area (Å²) in [5, 5.41) is 46.1. The van der Waals surface area contributed by atoms with E-state index in [9.17, 15) is 30.0 Å². The summed E-state index contributed by atoms with van der Waals surface area (Å²) < 4.78 is 17.3. The number of carbonyl (C=O) groups excluding carboxylic acids is 2. The number of rotatable bonds is 9. The van der Waals surface area contributed by atoms with Crippen LogP contribution in [-0.2, 0) is 19.0 Å². The van der Waals surface area contributed by atoms with Crippen LogP contribution in [0.2, 0.25) is 0 Å². The minimum absolute atomic E-state index is 0.00958. The van der Waals surface area contributed by atoms with Crippen molar-refractivity contribution < 1.29 is 44.2 Å². The molecule has 0 saturated carbocycles. The van der Waals surface area contributed by atoms with E-state index in [1.54, 1.807) is 49.1 Å². The Hall–Kier alpha value is -2.28. The van der Waals surface area contributed by atoms with Crippen LogP contribution in [0.4, 0.5) is 4.79 Å². The molecule has 5 N–H and O–H groups in total. The van der Waals surface area contributed by atoms with Gasteiger partial charge in [0.05, 0.1) is 36.4 Å². The summed E-state index contributed by atoms with van der Waals surface area (Å²) in [7, 11) is 0. The number of hydrogen-bond donors (Lipinski definition) is 5. The van der Waals surface area contributed by atoms with E-state index >= 15 is 0 Å². The Morgan fingerprint density at radius 1 is 1.32 bits per heavy atom. The molecule has 1 amide bonds. The van der Waals surface area contributed by atoms with Gasteiger partial charge in [-0.1, -0.05) is 45.1 Å². The number of aliphatic hydroxyl groups excluding tert-OH is 2. The van der Waals surface area contributed by atoms with E-state index in [4.69, 9.17) is 14.2 Å². The third-order valence-electron chi connectivity index (χ3n) is 8.97. The molecule has 3 aliphatic heterocycles. The van der Waals surface area contributed by atoms with Gasteiger partial charge in [-0.3, -0.25) is 4.79 Å². The quantitative estimate of drug-likeness (QED) is 0.112. The molecule has 11 nitrogen and oxygen atoms in total. The van der Waals surface area contributed by atoms with Crippen molar-refractivity contribution in [1.29, 1.82) is 0 Å². The van der Waals surface area contributed by atoms with E-state index < -0.39 is 47.7 Å². The van der Waals surface area contributed by atoms with Gasteiger partial charge in [-0.15, -0.1) is 0 Å². The maximum absolute atomic E-state index is 12.9. The fourth-order valence-corrected chi connectivity index (χ4v) is 5.83. The molecule has 3 heterocycles. The Kier molecular flexibility index (Phi) is 13.0. The van der Waals surface area contributed by atoms with Gasteiger partial charge >= 0.3 is 12.1 Å². The third-order valence-corrected chi connectivity index (χ3v) is 8.97. The molecule has 1 unspecified atom stereocenters. The Morgan fingerprint density at radius 3 is 2.66 bits per heavy atom. The van der Waals surface area contributed by atoms with E-state index in [0.717, 1.165) is 0 Å². The fraction of sp³-hybridized carbons (Fsp3) is 0.758. The van der Waals surface area contributed by atoms with E-state index in [1.165, 1.54) is 0 Å². The molecule has 10 atom stereocenters. The molecule has 2 fully saturated rings. The van der Waals surface area contributed by atoms with Crippen LogP contribution in [0.5, 0.6) is 0 Å². The summed E-state index contributed by atoms with van der Waals surface area (Å²) >= 11 is 0. The molecule has 44 heavy (non-hydrogen) atoms. The summed E-state index contributed by atoms with van der Waals surface area (Å²) in [4.78, 5) is 27.3. The number of nitrogens with zero attached hydrogens (tertiary/aromatic N) is 1. The van der Waals surface area contributed by atoms with Crippen LogP contribution in [0, 0.1) is 11.8 Å². The molecule has 3 rings (SSSR count). The Bertz CT molecular complexity index is 1050. The highest BCUT2D eigenvalue weighted by molar-refractivity contribution is 5.70. The van der Waals surface area contributed by atoms with Gasteiger partial charge in [0.2, 0.25) is 0 Å². The van der Waals surface area contributed by atoms with Gasteiger partial charge in [-0.2, -0.15) is 0 Å². The SMILES string of the molecule is CC[C@H](O)[C@@H](C)[C@H]1O[C@@H]1C[C@@](C)(O)/C=C/C=C(\C)C1OC(=O)C[C@H](O)CC[C@@](C)(O)[C@@H](OC(=O)N2CCNCC2)/C=C/[C@@H]1C. The molecule has 0 aromatic heterocycles. The van der Waals surface area contributed by atoms with Crippen molar-refractivity contribution >= 4 is 12.1 Å². The fourth-order valence-electron chi connectivity index (χ4n) is 5.83. The molecule has 0 radical (unpaired) electrons. The summed E-state index contributed by atoms with van der Waals surface area (Å²) in [5.41, 5.74) is -1.93. The largest absolute Gasteiger partial charge is 0.457 e. The van der Waals surface area contributed by atoms with Crippen molar-refractivity contribution in [1.82, 2.24) is 10.2 Å². The standard InChI is InChI=1S/C33H54N2O9/c1-7-25(37)23(4)30-26(42-30)20-32(5,40)13-8-9-21(2)29-22(3)10-11-27(43-31(39)35-17-15-34-16-18-35)33(6,41)14-12-24(36)19-28(38)44-29/h8-11,13,22-27,29-30,34,36-37,40-41H,7,12,14-20H2,1-6H3/b11-10+,13-8+,21-9+/t22-,23+,24+,25-,26+,27-,29?,30+,32-,33+/m0/s1. The number of carbonyl (C=O) groups is 2. The number of allylic oxidation sites excluding steroid dienone is 2. The number of cyclic esters (lactones) is 1. The van der Waals surface area contributed by atoms with Crippen LogP contribution in [0.25, 0.3) is 0 Å². The van der Waals surface area contributed by atoms with E-state index in [1.807, 2.05) is 27.7 Å². The number of nitrogens with one attached hydrogen (secondary N) is 1. The molecule has 2 saturated heterocycles. The van der Waals surface area contributed by atoms with Crippen LogP contribution >= 0.6 is 0 Å². The minimum atomic E-state index is -1.48.